The zero-order valence-electron chi connectivity index (χ0n) is 10.8. The van der Waals surface area contributed by atoms with Gasteiger partial charge in [0.05, 0.1) is 0 Å². The van der Waals surface area contributed by atoms with E-state index >= 15 is 0 Å². The standard InChI is InChI=1S/C14H12BrN5/c1-16-12-6-5-9-8-17-14(20-13(9)19-12)18-11-4-2-3-10(15)7-11/h2-8H,1H3,(H2,16,17,18,19,20). The average Bonchev–Trinajstić information content (AvgIpc) is 2.46. The Morgan fingerprint density at radius 3 is 2.80 bits per heavy atom. The van der Waals surface area contributed by atoms with Gasteiger partial charge in [-0.15, -0.1) is 0 Å². The summed E-state index contributed by atoms with van der Waals surface area (Å²) in [6, 6.07) is 11.7. The fourth-order valence-corrected chi connectivity index (χ4v) is 2.20. The van der Waals surface area contributed by atoms with Crippen molar-refractivity contribution < 1.29 is 0 Å². The third kappa shape index (κ3) is 2.70. The highest BCUT2D eigenvalue weighted by Crippen LogP contribution is 2.20. The molecule has 0 amide bonds. The summed E-state index contributed by atoms with van der Waals surface area (Å²) >= 11 is 3.43. The number of hydrogen-bond donors (Lipinski definition) is 2. The predicted molar refractivity (Wildman–Crippen MR) is 84.3 cm³/mol. The number of nitrogens with one attached hydrogen (secondary N) is 2. The van der Waals surface area contributed by atoms with Gasteiger partial charge in [-0.2, -0.15) is 4.98 Å². The quantitative estimate of drug-likeness (QED) is 0.769. The molecule has 2 aromatic heterocycles. The van der Waals surface area contributed by atoms with Crippen LogP contribution in [0, 0.1) is 0 Å². The second-order valence-corrected chi connectivity index (χ2v) is 5.10. The number of pyridine rings is 1. The molecule has 0 aliphatic carbocycles. The van der Waals surface area contributed by atoms with Crippen LogP contribution in [0.15, 0.2) is 47.1 Å². The van der Waals surface area contributed by atoms with Gasteiger partial charge < -0.3 is 10.6 Å². The van der Waals surface area contributed by atoms with Crippen LogP contribution in [0.5, 0.6) is 0 Å². The van der Waals surface area contributed by atoms with Crippen LogP contribution in [0.25, 0.3) is 11.0 Å². The lowest BCUT2D eigenvalue weighted by Crippen LogP contribution is -1.99. The topological polar surface area (TPSA) is 62.7 Å². The van der Waals surface area contributed by atoms with Gasteiger partial charge in [0.25, 0.3) is 0 Å². The molecule has 0 atom stereocenters. The third-order valence-corrected chi connectivity index (χ3v) is 3.27. The number of rotatable bonds is 3. The Balaban J connectivity index is 1.95. The lowest BCUT2D eigenvalue weighted by atomic mass is 10.3. The van der Waals surface area contributed by atoms with Crippen LogP contribution < -0.4 is 10.6 Å². The van der Waals surface area contributed by atoms with E-state index in [1.165, 1.54) is 0 Å². The van der Waals surface area contributed by atoms with Crippen molar-refractivity contribution in [1.29, 1.82) is 0 Å². The highest BCUT2D eigenvalue weighted by Gasteiger charge is 2.03. The molecule has 2 N–H and O–H groups in total. The zero-order valence-corrected chi connectivity index (χ0v) is 12.3. The number of fused-ring (bicyclic) bond motifs is 1. The first kappa shape index (κ1) is 12.8. The Morgan fingerprint density at radius 2 is 2.00 bits per heavy atom. The first-order valence-corrected chi connectivity index (χ1v) is 6.88. The van der Waals surface area contributed by atoms with Crippen LogP contribution in [0.2, 0.25) is 0 Å². The number of hydrogen-bond acceptors (Lipinski definition) is 5. The van der Waals surface area contributed by atoms with Crippen molar-refractivity contribution in [3.05, 3.63) is 47.1 Å². The number of aromatic nitrogens is 3. The molecule has 0 aliphatic heterocycles. The van der Waals surface area contributed by atoms with Crippen molar-refractivity contribution in [2.24, 2.45) is 0 Å². The largest absolute Gasteiger partial charge is 0.373 e. The van der Waals surface area contributed by atoms with E-state index in [2.05, 4.69) is 41.5 Å². The fraction of sp³-hybridized carbons (Fsp3) is 0.0714. The Bertz CT molecular complexity index is 759. The van der Waals surface area contributed by atoms with E-state index in [0.717, 1.165) is 21.4 Å². The maximum atomic E-state index is 4.42. The van der Waals surface area contributed by atoms with Gasteiger partial charge in [-0.25, -0.2) is 9.97 Å². The second-order valence-electron chi connectivity index (χ2n) is 4.19. The summed E-state index contributed by atoms with van der Waals surface area (Å²) in [4.78, 5) is 13.1. The Morgan fingerprint density at radius 1 is 1.10 bits per heavy atom. The van der Waals surface area contributed by atoms with Crippen LogP contribution >= 0.6 is 15.9 Å². The van der Waals surface area contributed by atoms with Crippen molar-refractivity contribution in [2.45, 2.75) is 0 Å². The van der Waals surface area contributed by atoms with Gasteiger partial charge in [0.2, 0.25) is 5.95 Å². The molecule has 20 heavy (non-hydrogen) atoms. The van der Waals surface area contributed by atoms with E-state index in [1.807, 2.05) is 43.4 Å². The molecule has 100 valence electrons. The van der Waals surface area contributed by atoms with Crippen LogP contribution in [-0.4, -0.2) is 22.0 Å². The highest BCUT2D eigenvalue weighted by atomic mass is 79.9. The Kier molecular flexibility index (Phi) is 3.47. The van der Waals surface area contributed by atoms with E-state index < -0.39 is 0 Å². The monoisotopic (exact) mass is 329 g/mol. The smallest absolute Gasteiger partial charge is 0.229 e. The molecular weight excluding hydrogens is 318 g/mol. The number of nitrogens with zero attached hydrogens (tertiary/aromatic N) is 3. The molecular formula is C14H12BrN5. The lowest BCUT2D eigenvalue weighted by Gasteiger charge is -2.06. The first-order valence-electron chi connectivity index (χ1n) is 6.09. The predicted octanol–water partition coefficient (Wildman–Crippen LogP) is 3.57. The number of benzene rings is 1. The maximum absolute atomic E-state index is 4.42. The summed E-state index contributed by atoms with van der Waals surface area (Å²) in [6.07, 6.45) is 1.76. The van der Waals surface area contributed by atoms with Crippen LogP contribution in [0.1, 0.15) is 0 Å². The van der Waals surface area contributed by atoms with Crippen molar-refractivity contribution in [3.8, 4) is 0 Å². The molecule has 0 saturated heterocycles. The first-order chi connectivity index (χ1) is 9.74. The SMILES string of the molecule is CNc1ccc2cnc(Nc3cccc(Br)c3)nc2n1. The molecule has 2 heterocycles. The summed E-state index contributed by atoms with van der Waals surface area (Å²) < 4.78 is 0.999. The Labute approximate surface area is 124 Å². The van der Waals surface area contributed by atoms with E-state index in [-0.39, 0.29) is 0 Å². The molecule has 0 saturated carbocycles. The van der Waals surface area contributed by atoms with Crippen molar-refractivity contribution in [2.75, 3.05) is 17.7 Å². The molecule has 0 fully saturated rings. The normalized spacial score (nSPS) is 10.5. The molecule has 0 unspecified atom stereocenters. The van der Waals surface area contributed by atoms with E-state index in [9.17, 15) is 0 Å². The van der Waals surface area contributed by atoms with Crippen LogP contribution in [0.4, 0.5) is 17.5 Å². The molecule has 1 aromatic carbocycles. The molecule has 0 radical (unpaired) electrons. The van der Waals surface area contributed by atoms with Crippen molar-refractivity contribution in [1.82, 2.24) is 15.0 Å². The molecule has 0 spiro atoms. The van der Waals surface area contributed by atoms with Gasteiger partial charge in [0, 0.05) is 28.8 Å². The molecule has 0 aliphatic rings. The summed E-state index contributed by atoms with van der Waals surface area (Å²) in [5.41, 5.74) is 1.58. The van der Waals surface area contributed by atoms with Gasteiger partial charge in [0.1, 0.15) is 5.82 Å². The van der Waals surface area contributed by atoms with Gasteiger partial charge in [-0.3, -0.25) is 0 Å². The summed E-state index contributed by atoms with van der Waals surface area (Å²) in [6.45, 7) is 0. The summed E-state index contributed by atoms with van der Waals surface area (Å²) in [7, 11) is 1.83. The van der Waals surface area contributed by atoms with Gasteiger partial charge in [0.15, 0.2) is 5.65 Å². The third-order valence-electron chi connectivity index (χ3n) is 2.78. The minimum atomic E-state index is 0.524. The van der Waals surface area contributed by atoms with E-state index in [1.54, 1.807) is 6.20 Å². The van der Waals surface area contributed by atoms with Crippen LogP contribution in [0.3, 0.4) is 0 Å². The lowest BCUT2D eigenvalue weighted by molar-refractivity contribution is 1.17. The van der Waals surface area contributed by atoms with Crippen molar-refractivity contribution >= 4 is 44.4 Å². The number of anilines is 3. The average molecular weight is 330 g/mol. The zero-order chi connectivity index (χ0) is 13.9. The van der Waals surface area contributed by atoms with Crippen LogP contribution in [-0.2, 0) is 0 Å². The van der Waals surface area contributed by atoms with Crippen molar-refractivity contribution in [3.63, 3.8) is 0 Å². The fourth-order valence-electron chi connectivity index (χ4n) is 1.80. The number of halogens is 1. The minimum absolute atomic E-state index is 0.524. The summed E-state index contributed by atoms with van der Waals surface area (Å²) in [5, 5.41) is 7.07. The van der Waals surface area contributed by atoms with Gasteiger partial charge in [-0.1, -0.05) is 22.0 Å². The minimum Gasteiger partial charge on any atom is -0.373 e. The molecule has 5 nitrogen and oxygen atoms in total. The van der Waals surface area contributed by atoms with E-state index in [4.69, 9.17) is 0 Å². The second kappa shape index (κ2) is 5.42. The molecule has 0 bridgehead atoms. The molecule has 3 aromatic rings. The molecule has 6 heteroatoms. The van der Waals surface area contributed by atoms with Gasteiger partial charge >= 0.3 is 0 Å². The molecule has 3 rings (SSSR count). The summed E-state index contributed by atoms with van der Waals surface area (Å²) in [5.74, 6) is 1.31. The van der Waals surface area contributed by atoms with Gasteiger partial charge in [-0.05, 0) is 30.3 Å². The highest BCUT2D eigenvalue weighted by molar-refractivity contribution is 9.10. The Hall–Kier alpha value is -2.21. The maximum Gasteiger partial charge on any atom is 0.229 e. The van der Waals surface area contributed by atoms with E-state index in [0.29, 0.717) is 11.6 Å².